The van der Waals surface area contributed by atoms with Crippen LogP contribution in [0.25, 0.3) is 0 Å². The highest BCUT2D eigenvalue weighted by atomic mass is 28.4. The van der Waals surface area contributed by atoms with Crippen molar-refractivity contribution in [3.05, 3.63) is 47.5 Å². The van der Waals surface area contributed by atoms with Crippen molar-refractivity contribution in [3.8, 4) is 0 Å². The van der Waals surface area contributed by atoms with Gasteiger partial charge in [-0.15, -0.1) is 0 Å². The van der Waals surface area contributed by atoms with E-state index in [4.69, 9.17) is 4.43 Å². The second kappa shape index (κ2) is 8.12. The van der Waals surface area contributed by atoms with Crippen molar-refractivity contribution < 1.29 is 4.43 Å². The maximum atomic E-state index is 6.66. The zero-order valence-electron chi connectivity index (χ0n) is 14.8. The normalized spacial score (nSPS) is 19.2. The van der Waals surface area contributed by atoms with Crippen LogP contribution in [0.5, 0.6) is 0 Å². The Balaban J connectivity index is 2.33. The molecule has 0 radical (unpaired) electrons. The van der Waals surface area contributed by atoms with Gasteiger partial charge >= 0.3 is 0 Å². The van der Waals surface area contributed by atoms with Gasteiger partial charge in [-0.2, -0.15) is 0 Å². The van der Waals surface area contributed by atoms with E-state index < -0.39 is 8.32 Å². The van der Waals surface area contributed by atoms with Crippen LogP contribution in [0.2, 0.25) is 19.6 Å². The lowest BCUT2D eigenvalue weighted by Crippen LogP contribution is -2.30. The van der Waals surface area contributed by atoms with Gasteiger partial charge in [0, 0.05) is 0 Å². The molecule has 1 aromatic rings. The van der Waals surface area contributed by atoms with E-state index in [0.29, 0.717) is 0 Å². The average Bonchev–Trinajstić information content (AvgIpc) is 2.51. The molecule has 0 amide bonds. The third kappa shape index (κ3) is 5.10. The van der Waals surface area contributed by atoms with Crippen LogP contribution in [0.15, 0.2) is 42.0 Å². The van der Waals surface area contributed by atoms with Gasteiger partial charge < -0.3 is 4.43 Å². The van der Waals surface area contributed by atoms with Crippen LogP contribution in [0.1, 0.15) is 57.1 Å². The molecule has 1 aromatic carbocycles. The van der Waals surface area contributed by atoms with Gasteiger partial charge in [0.2, 0.25) is 0 Å². The van der Waals surface area contributed by atoms with Crippen molar-refractivity contribution in [3.63, 3.8) is 0 Å². The summed E-state index contributed by atoms with van der Waals surface area (Å²) in [6.45, 7) is 9.15. The molecule has 122 valence electrons. The van der Waals surface area contributed by atoms with Crippen molar-refractivity contribution in [1.82, 2.24) is 0 Å². The number of rotatable bonds is 6. The van der Waals surface area contributed by atoms with Crippen LogP contribution in [0.4, 0.5) is 0 Å². The molecule has 1 atom stereocenters. The summed E-state index contributed by atoms with van der Waals surface area (Å²) in [4.78, 5) is 0. The topological polar surface area (TPSA) is 9.23 Å². The quantitative estimate of drug-likeness (QED) is 0.430. The smallest absolute Gasteiger partial charge is 0.185 e. The van der Waals surface area contributed by atoms with Gasteiger partial charge in [-0.3, -0.25) is 0 Å². The molecule has 1 aliphatic carbocycles. The Hall–Kier alpha value is -0.863. The van der Waals surface area contributed by atoms with Crippen molar-refractivity contribution in [1.29, 1.82) is 0 Å². The fourth-order valence-electron chi connectivity index (χ4n) is 3.47. The van der Waals surface area contributed by atoms with Crippen LogP contribution in [0, 0.1) is 5.92 Å². The molecule has 0 aliphatic heterocycles. The van der Waals surface area contributed by atoms with Gasteiger partial charge in [0.15, 0.2) is 8.32 Å². The van der Waals surface area contributed by atoms with Gasteiger partial charge in [0.1, 0.15) is 0 Å². The highest BCUT2D eigenvalue weighted by Gasteiger charge is 2.29. The first-order chi connectivity index (χ1) is 10.5. The van der Waals surface area contributed by atoms with E-state index in [1.165, 1.54) is 37.7 Å². The lowest BCUT2D eigenvalue weighted by molar-refractivity contribution is 0.208. The van der Waals surface area contributed by atoms with Crippen molar-refractivity contribution in [2.75, 3.05) is 0 Å². The maximum absolute atomic E-state index is 6.66. The summed E-state index contributed by atoms with van der Waals surface area (Å²) in [6, 6.07) is 10.8. The fourth-order valence-corrected chi connectivity index (χ4v) is 4.45. The molecule has 2 heteroatoms. The monoisotopic (exact) mass is 316 g/mol. The average molecular weight is 317 g/mol. The number of hydrogen-bond acceptors (Lipinski definition) is 1. The SMILES string of the molecule is CC/C=C(\C1CCCCC1)[C@@H](O[Si](C)(C)C)c1ccccc1. The molecule has 0 spiro atoms. The molecule has 22 heavy (non-hydrogen) atoms. The molecule has 0 saturated heterocycles. The third-order valence-corrected chi connectivity index (χ3v) is 5.34. The molecular formula is C20H32OSi. The molecule has 2 rings (SSSR count). The molecule has 1 aliphatic rings. The number of benzene rings is 1. The fraction of sp³-hybridized carbons (Fsp3) is 0.600. The zero-order valence-corrected chi connectivity index (χ0v) is 15.8. The van der Waals surface area contributed by atoms with E-state index in [1.807, 2.05) is 0 Å². The first-order valence-electron chi connectivity index (χ1n) is 8.94. The van der Waals surface area contributed by atoms with E-state index in [-0.39, 0.29) is 6.10 Å². The van der Waals surface area contributed by atoms with Crippen LogP contribution >= 0.6 is 0 Å². The highest BCUT2D eigenvalue weighted by Crippen LogP contribution is 2.40. The van der Waals surface area contributed by atoms with Crippen molar-refractivity contribution in [2.45, 2.75) is 71.2 Å². The lowest BCUT2D eigenvalue weighted by Gasteiger charge is -2.34. The number of hydrogen-bond donors (Lipinski definition) is 0. The summed E-state index contributed by atoms with van der Waals surface area (Å²) in [6.07, 6.45) is 10.5. The standard InChI is InChI=1S/C20H32OSi/c1-5-12-19(17-13-8-6-9-14-17)20(21-22(2,3)4)18-15-10-7-11-16-18/h7,10-12,15-17,20H,5-6,8-9,13-14H2,1-4H3/b19-12+/t20-/m0/s1. The van der Waals surface area contributed by atoms with E-state index in [0.717, 1.165) is 12.3 Å². The first-order valence-corrected chi connectivity index (χ1v) is 12.3. The van der Waals surface area contributed by atoms with E-state index in [1.54, 1.807) is 5.57 Å². The summed E-state index contributed by atoms with van der Waals surface area (Å²) in [5.74, 6) is 0.718. The van der Waals surface area contributed by atoms with Gasteiger partial charge in [-0.05, 0) is 56.0 Å². The van der Waals surface area contributed by atoms with Gasteiger partial charge in [-0.1, -0.05) is 62.6 Å². The molecule has 0 heterocycles. The second-order valence-corrected chi connectivity index (χ2v) is 11.9. The Morgan fingerprint density at radius 2 is 1.77 bits per heavy atom. The number of allylic oxidation sites excluding steroid dienone is 1. The van der Waals surface area contributed by atoms with E-state index in [9.17, 15) is 0 Å². The summed E-state index contributed by atoms with van der Waals surface area (Å²) in [7, 11) is -1.60. The Bertz CT molecular complexity index is 466. The largest absolute Gasteiger partial charge is 0.407 e. The highest BCUT2D eigenvalue weighted by molar-refractivity contribution is 6.69. The molecule has 1 saturated carbocycles. The van der Waals surface area contributed by atoms with E-state index >= 15 is 0 Å². The molecular weight excluding hydrogens is 284 g/mol. The first kappa shape index (κ1) is 17.5. The molecule has 0 N–H and O–H groups in total. The minimum absolute atomic E-state index is 0.163. The summed E-state index contributed by atoms with van der Waals surface area (Å²) >= 11 is 0. The Morgan fingerprint density at radius 3 is 2.32 bits per heavy atom. The minimum atomic E-state index is -1.60. The zero-order chi connectivity index (χ0) is 16.0. The second-order valence-electron chi connectivity index (χ2n) is 7.47. The van der Waals surface area contributed by atoms with Crippen molar-refractivity contribution >= 4 is 8.32 Å². The van der Waals surface area contributed by atoms with E-state index in [2.05, 4.69) is 63.0 Å². The van der Waals surface area contributed by atoms with Crippen molar-refractivity contribution in [2.24, 2.45) is 5.92 Å². The predicted molar refractivity (Wildman–Crippen MR) is 98.6 cm³/mol. The Kier molecular flexibility index (Phi) is 6.46. The molecule has 0 aromatic heterocycles. The Morgan fingerprint density at radius 1 is 1.14 bits per heavy atom. The summed E-state index contributed by atoms with van der Waals surface area (Å²) < 4.78 is 6.66. The summed E-state index contributed by atoms with van der Waals surface area (Å²) in [5, 5.41) is 0. The minimum Gasteiger partial charge on any atom is -0.407 e. The maximum Gasteiger partial charge on any atom is 0.185 e. The summed E-state index contributed by atoms with van der Waals surface area (Å²) in [5.41, 5.74) is 2.88. The molecule has 0 bridgehead atoms. The van der Waals surface area contributed by atoms with Crippen LogP contribution in [0.3, 0.4) is 0 Å². The van der Waals surface area contributed by atoms with Crippen LogP contribution in [-0.4, -0.2) is 8.32 Å². The van der Waals surface area contributed by atoms with Crippen LogP contribution < -0.4 is 0 Å². The predicted octanol–water partition coefficient (Wildman–Crippen LogP) is 6.50. The van der Waals surface area contributed by atoms with Gasteiger partial charge in [0.25, 0.3) is 0 Å². The lowest BCUT2D eigenvalue weighted by atomic mass is 9.80. The molecule has 1 fully saturated rings. The molecule has 1 nitrogen and oxygen atoms in total. The van der Waals surface area contributed by atoms with Gasteiger partial charge in [0.05, 0.1) is 6.10 Å². The van der Waals surface area contributed by atoms with Crippen LogP contribution in [-0.2, 0) is 4.43 Å². The Labute approximate surface area is 137 Å². The molecule has 0 unspecified atom stereocenters. The van der Waals surface area contributed by atoms with Gasteiger partial charge in [-0.25, -0.2) is 0 Å². The third-order valence-electron chi connectivity index (χ3n) is 4.39.